The number of ether oxygens (including phenoxy) is 1. The second-order valence-electron chi connectivity index (χ2n) is 5.76. The standard InChI is InChI=1S/C16H17F2N3O2/c17-16(18)5-1-12(2-6-16)11-23-15-4-8-20-21(15)14-9-13(10-22)3-7-19-14/h3-4,7-10,12H,1-2,5-6,11H2. The Morgan fingerprint density at radius 1 is 1.30 bits per heavy atom. The normalized spacial score (nSPS) is 17.8. The second kappa shape index (κ2) is 6.44. The summed E-state index contributed by atoms with van der Waals surface area (Å²) in [7, 11) is 0. The number of aldehydes is 1. The summed E-state index contributed by atoms with van der Waals surface area (Å²) in [6.45, 7) is 0.370. The molecule has 1 saturated carbocycles. The van der Waals surface area contributed by atoms with Gasteiger partial charge in [-0.2, -0.15) is 9.78 Å². The van der Waals surface area contributed by atoms with Gasteiger partial charge in [0.2, 0.25) is 11.8 Å². The summed E-state index contributed by atoms with van der Waals surface area (Å²) in [6.07, 6.45) is 4.58. The Morgan fingerprint density at radius 3 is 2.83 bits per heavy atom. The highest BCUT2D eigenvalue weighted by Crippen LogP contribution is 2.36. The lowest BCUT2D eigenvalue weighted by molar-refractivity contribution is -0.0500. The largest absolute Gasteiger partial charge is 0.477 e. The fourth-order valence-corrected chi connectivity index (χ4v) is 2.67. The molecule has 0 saturated heterocycles. The van der Waals surface area contributed by atoms with E-state index in [0.29, 0.717) is 36.7 Å². The van der Waals surface area contributed by atoms with Crippen molar-refractivity contribution in [3.05, 3.63) is 36.2 Å². The molecule has 0 radical (unpaired) electrons. The average molecular weight is 321 g/mol. The van der Waals surface area contributed by atoms with Gasteiger partial charge in [0.1, 0.15) is 6.29 Å². The van der Waals surface area contributed by atoms with E-state index >= 15 is 0 Å². The number of hydrogen-bond donors (Lipinski definition) is 0. The van der Waals surface area contributed by atoms with Gasteiger partial charge in [0.25, 0.3) is 0 Å². The van der Waals surface area contributed by atoms with Crippen molar-refractivity contribution in [2.45, 2.75) is 31.6 Å². The molecule has 0 spiro atoms. The first kappa shape index (κ1) is 15.6. The van der Waals surface area contributed by atoms with Crippen LogP contribution in [-0.2, 0) is 0 Å². The Balaban J connectivity index is 1.66. The Morgan fingerprint density at radius 2 is 2.09 bits per heavy atom. The zero-order valence-corrected chi connectivity index (χ0v) is 12.5. The van der Waals surface area contributed by atoms with E-state index in [1.807, 2.05) is 0 Å². The molecule has 1 aliphatic carbocycles. The smallest absolute Gasteiger partial charge is 0.248 e. The number of carbonyl (C=O) groups is 1. The van der Waals surface area contributed by atoms with E-state index < -0.39 is 5.92 Å². The van der Waals surface area contributed by atoms with Gasteiger partial charge >= 0.3 is 0 Å². The Kier molecular flexibility index (Phi) is 4.36. The molecule has 2 aromatic rings. The molecular formula is C16H17F2N3O2. The number of pyridine rings is 1. The molecule has 0 N–H and O–H groups in total. The monoisotopic (exact) mass is 321 g/mol. The lowest BCUT2D eigenvalue weighted by Gasteiger charge is -2.27. The van der Waals surface area contributed by atoms with Crippen LogP contribution in [0.25, 0.3) is 5.82 Å². The van der Waals surface area contributed by atoms with E-state index in [0.717, 1.165) is 6.29 Å². The predicted molar refractivity (Wildman–Crippen MR) is 79.1 cm³/mol. The van der Waals surface area contributed by atoms with Crippen molar-refractivity contribution in [2.75, 3.05) is 6.61 Å². The Hall–Kier alpha value is -2.31. The average Bonchev–Trinajstić information content (AvgIpc) is 3.02. The summed E-state index contributed by atoms with van der Waals surface area (Å²) in [6, 6.07) is 4.89. The molecule has 0 unspecified atom stereocenters. The molecule has 0 atom stereocenters. The first-order chi connectivity index (χ1) is 11.1. The van der Waals surface area contributed by atoms with Crippen LogP contribution in [0.4, 0.5) is 8.78 Å². The summed E-state index contributed by atoms with van der Waals surface area (Å²) in [5, 5.41) is 4.14. The van der Waals surface area contributed by atoms with Crippen LogP contribution in [0.15, 0.2) is 30.6 Å². The molecule has 23 heavy (non-hydrogen) atoms. The molecule has 7 heteroatoms. The molecule has 5 nitrogen and oxygen atoms in total. The number of hydrogen-bond acceptors (Lipinski definition) is 4. The number of aromatic nitrogens is 3. The van der Waals surface area contributed by atoms with Crippen LogP contribution in [0.3, 0.4) is 0 Å². The number of carbonyl (C=O) groups excluding carboxylic acids is 1. The number of rotatable bonds is 5. The second-order valence-corrected chi connectivity index (χ2v) is 5.76. The molecule has 2 aromatic heterocycles. The van der Waals surface area contributed by atoms with Gasteiger partial charge in [-0.1, -0.05) is 0 Å². The first-order valence-electron chi connectivity index (χ1n) is 7.54. The quantitative estimate of drug-likeness (QED) is 0.793. The summed E-state index contributed by atoms with van der Waals surface area (Å²) < 4.78 is 33.5. The first-order valence-corrected chi connectivity index (χ1v) is 7.54. The van der Waals surface area contributed by atoms with Gasteiger partial charge in [-0.25, -0.2) is 13.8 Å². The van der Waals surface area contributed by atoms with E-state index in [4.69, 9.17) is 4.74 Å². The molecule has 122 valence electrons. The maximum Gasteiger partial charge on any atom is 0.248 e. The van der Waals surface area contributed by atoms with E-state index in [1.165, 1.54) is 10.9 Å². The Bertz CT molecular complexity index is 677. The molecule has 0 aromatic carbocycles. The minimum atomic E-state index is -2.53. The third kappa shape index (κ3) is 3.72. The highest BCUT2D eigenvalue weighted by molar-refractivity contribution is 5.75. The fourth-order valence-electron chi connectivity index (χ4n) is 2.67. The minimum absolute atomic E-state index is 0.0801. The molecule has 0 aliphatic heterocycles. The van der Waals surface area contributed by atoms with E-state index in [-0.39, 0.29) is 18.8 Å². The molecule has 3 rings (SSSR count). The van der Waals surface area contributed by atoms with E-state index in [2.05, 4.69) is 10.1 Å². The van der Waals surface area contributed by atoms with Crippen molar-refractivity contribution in [2.24, 2.45) is 5.92 Å². The zero-order valence-electron chi connectivity index (χ0n) is 12.5. The minimum Gasteiger partial charge on any atom is -0.477 e. The van der Waals surface area contributed by atoms with Gasteiger partial charge in [-0.05, 0) is 30.9 Å². The highest BCUT2D eigenvalue weighted by atomic mass is 19.3. The zero-order chi connectivity index (χ0) is 16.3. The van der Waals surface area contributed by atoms with Crippen molar-refractivity contribution in [3.63, 3.8) is 0 Å². The van der Waals surface area contributed by atoms with Crippen molar-refractivity contribution >= 4 is 6.29 Å². The summed E-state index contributed by atoms with van der Waals surface area (Å²) in [5.41, 5.74) is 0.492. The van der Waals surface area contributed by atoms with Crippen LogP contribution in [0, 0.1) is 5.92 Å². The third-order valence-corrected chi connectivity index (χ3v) is 4.03. The molecule has 2 heterocycles. The molecular weight excluding hydrogens is 304 g/mol. The number of halogens is 2. The fraction of sp³-hybridized carbons (Fsp3) is 0.438. The lowest BCUT2D eigenvalue weighted by Crippen LogP contribution is -2.27. The maximum atomic E-state index is 13.2. The van der Waals surface area contributed by atoms with E-state index in [1.54, 1.807) is 24.4 Å². The summed E-state index contributed by atoms with van der Waals surface area (Å²) >= 11 is 0. The predicted octanol–water partition coefficient (Wildman–Crippen LogP) is 3.28. The third-order valence-electron chi connectivity index (χ3n) is 4.03. The van der Waals surface area contributed by atoms with Gasteiger partial charge in [0.15, 0.2) is 5.82 Å². The molecule has 0 bridgehead atoms. The van der Waals surface area contributed by atoms with Gasteiger partial charge in [0.05, 0.1) is 12.8 Å². The van der Waals surface area contributed by atoms with Crippen LogP contribution < -0.4 is 4.74 Å². The van der Waals surface area contributed by atoms with Gasteiger partial charge in [-0.15, -0.1) is 0 Å². The highest BCUT2D eigenvalue weighted by Gasteiger charge is 2.35. The molecule has 0 amide bonds. The van der Waals surface area contributed by atoms with Crippen molar-refractivity contribution in [1.29, 1.82) is 0 Å². The molecule has 1 fully saturated rings. The topological polar surface area (TPSA) is 57.0 Å². The summed E-state index contributed by atoms with van der Waals surface area (Å²) in [4.78, 5) is 15.0. The molecule has 1 aliphatic rings. The van der Waals surface area contributed by atoms with Crippen LogP contribution in [0.1, 0.15) is 36.0 Å². The van der Waals surface area contributed by atoms with Crippen LogP contribution >= 0.6 is 0 Å². The maximum absolute atomic E-state index is 13.2. The van der Waals surface area contributed by atoms with Crippen LogP contribution in [0.2, 0.25) is 0 Å². The lowest BCUT2D eigenvalue weighted by atomic mass is 9.87. The van der Waals surface area contributed by atoms with E-state index in [9.17, 15) is 13.6 Å². The van der Waals surface area contributed by atoms with Crippen LogP contribution in [-0.4, -0.2) is 33.6 Å². The SMILES string of the molecule is O=Cc1ccnc(-n2nccc2OCC2CCC(F)(F)CC2)c1. The Labute approximate surface area is 132 Å². The van der Waals surface area contributed by atoms with Crippen molar-refractivity contribution < 1.29 is 18.3 Å². The van der Waals surface area contributed by atoms with Crippen LogP contribution in [0.5, 0.6) is 5.88 Å². The van der Waals surface area contributed by atoms with Gasteiger partial charge < -0.3 is 4.74 Å². The number of alkyl halides is 2. The number of nitrogens with zero attached hydrogens (tertiary/aromatic N) is 3. The summed E-state index contributed by atoms with van der Waals surface area (Å²) in [5.74, 6) is -1.45. The van der Waals surface area contributed by atoms with Crippen molar-refractivity contribution in [1.82, 2.24) is 14.8 Å². The van der Waals surface area contributed by atoms with Gasteiger partial charge in [-0.3, -0.25) is 4.79 Å². The van der Waals surface area contributed by atoms with Crippen molar-refractivity contribution in [3.8, 4) is 11.7 Å². The van der Waals surface area contributed by atoms with Gasteiger partial charge in [0, 0.05) is 30.7 Å².